The summed E-state index contributed by atoms with van der Waals surface area (Å²) in [6, 6.07) is 0. The standard InChI is InChI=1S/C6H10O5.C4H5NO3/c1-2-6(11,5(9)10)3-4(7)8;6-3-1-2-4(7)5(3)8/h11H,2-3H2,1H3,(H,7,8)(H,9,10);8H,1-2H2. The van der Waals surface area contributed by atoms with Gasteiger partial charge in [-0.2, -0.15) is 5.06 Å². The highest BCUT2D eigenvalue weighted by molar-refractivity contribution is 6.00. The third-order valence-corrected chi connectivity index (χ3v) is 2.45. The van der Waals surface area contributed by atoms with E-state index in [-0.39, 0.29) is 24.3 Å². The average Bonchev–Trinajstić information content (AvgIpc) is 2.60. The second-order valence-electron chi connectivity index (χ2n) is 3.86. The lowest BCUT2D eigenvalue weighted by molar-refractivity contribution is -0.171. The number of hydroxylamine groups is 2. The van der Waals surface area contributed by atoms with E-state index >= 15 is 0 Å². The molecule has 1 aliphatic heterocycles. The van der Waals surface area contributed by atoms with Gasteiger partial charge in [0.2, 0.25) is 0 Å². The zero-order valence-electron chi connectivity index (χ0n) is 10.2. The van der Waals surface area contributed by atoms with E-state index in [4.69, 9.17) is 20.5 Å². The van der Waals surface area contributed by atoms with Crippen LogP contribution in [0.3, 0.4) is 0 Å². The third-order valence-electron chi connectivity index (χ3n) is 2.45. The van der Waals surface area contributed by atoms with Crippen molar-refractivity contribution in [2.45, 2.75) is 38.2 Å². The van der Waals surface area contributed by atoms with Crippen LogP contribution in [0.15, 0.2) is 0 Å². The first-order chi connectivity index (χ1) is 8.64. The fourth-order valence-electron chi connectivity index (χ4n) is 1.17. The number of imide groups is 1. The molecule has 0 radical (unpaired) electrons. The summed E-state index contributed by atoms with van der Waals surface area (Å²) in [6.45, 7) is 1.41. The van der Waals surface area contributed by atoms with Gasteiger partial charge in [0, 0.05) is 12.8 Å². The minimum atomic E-state index is -2.12. The Balaban J connectivity index is 0.000000356. The van der Waals surface area contributed by atoms with Crippen molar-refractivity contribution in [2.75, 3.05) is 0 Å². The number of carboxylic acid groups (broad SMARTS) is 2. The van der Waals surface area contributed by atoms with Crippen LogP contribution in [0.25, 0.3) is 0 Å². The SMILES string of the molecule is CCC(O)(CC(=O)O)C(=O)O.O=C1CCC(=O)N1O. The van der Waals surface area contributed by atoms with Crippen molar-refractivity contribution in [2.24, 2.45) is 0 Å². The normalized spacial score (nSPS) is 17.5. The molecule has 0 bridgehead atoms. The molecule has 0 saturated carbocycles. The van der Waals surface area contributed by atoms with E-state index in [1.807, 2.05) is 0 Å². The highest BCUT2D eigenvalue weighted by Gasteiger charge is 2.36. The molecule has 108 valence electrons. The predicted octanol–water partition coefficient (Wildman–Crippen LogP) is -0.789. The lowest BCUT2D eigenvalue weighted by atomic mass is 9.97. The van der Waals surface area contributed by atoms with Crippen molar-refractivity contribution < 1.29 is 39.7 Å². The second-order valence-corrected chi connectivity index (χ2v) is 3.86. The average molecular weight is 277 g/mol. The van der Waals surface area contributed by atoms with Crippen LogP contribution in [-0.2, 0) is 19.2 Å². The minimum Gasteiger partial charge on any atom is -0.481 e. The molecule has 1 saturated heterocycles. The van der Waals surface area contributed by atoms with Gasteiger partial charge in [-0.15, -0.1) is 0 Å². The van der Waals surface area contributed by atoms with Gasteiger partial charge in [-0.3, -0.25) is 19.6 Å². The van der Waals surface area contributed by atoms with E-state index in [1.54, 1.807) is 0 Å². The van der Waals surface area contributed by atoms with Crippen LogP contribution in [0.5, 0.6) is 0 Å². The number of rotatable bonds is 4. The van der Waals surface area contributed by atoms with Gasteiger partial charge < -0.3 is 15.3 Å². The minimum absolute atomic E-state index is 0.116. The number of hydrogen-bond acceptors (Lipinski definition) is 6. The molecule has 0 aromatic rings. The monoisotopic (exact) mass is 277 g/mol. The van der Waals surface area contributed by atoms with Crippen LogP contribution >= 0.6 is 0 Å². The first-order valence-corrected chi connectivity index (χ1v) is 5.36. The molecule has 1 fully saturated rings. The van der Waals surface area contributed by atoms with Gasteiger partial charge in [-0.25, -0.2) is 4.79 Å². The molecule has 4 N–H and O–H groups in total. The molecule has 0 aromatic carbocycles. The summed E-state index contributed by atoms with van der Waals surface area (Å²) in [7, 11) is 0. The highest BCUT2D eigenvalue weighted by atomic mass is 16.5. The molecule has 9 nitrogen and oxygen atoms in total. The Hall–Kier alpha value is -2.00. The number of carbonyl (C=O) groups excluding carboxylic acids is 2. The number of amides is 2. The molecule has 9 heteroatoms. The summed E-state index contributed by atoms with van der Waals surface area (Å²) >= 11 is 0. The van der Waals surface area contributed by atoms with Crippen LogP contribution in [0.4, 0.5) is 0 Å². The Morgan fingerprint density at radius 1 is 1.21 bits per heavy atom. The first-order valence-electron chi connectivity index (χ1n) is 5.36. The van der Waals surface area contributed by atoms with E-state index in [2.05, 4.69) is 0 Å². The molecule has 1 heterocycles. The topological polar surface area (TPSA) is 152 Å². The van der Waals surface area contributed by atoms with Crippen molar-refractivity contribution in [1.82, 2.24) is 5.06 Å². The van der Waals surface area contributed by atoms with Crippen molar-refractivity contribution >= 4 is 23.8 Å². The Labute approximate surface area is 108 Å². The molecule has 19 heavy (non-hydrogen) atoms. The summed E-state index contributed by atoms with van der Waals surface area (Å²) in [6.07, 6.45) is -0.585. The largest absolute Gasteiger partial charge is 0.481 e. The van der Waals surface area contributed by atoms with Gasteiger partial charge in [0.15, 0.2) is 5.60 Å². The number of carboxylic acids is 2. The lowest BCUT2D eigenvalue weighted by Gasteiger charge is -2.18. The number of carbonyl (C=O) groups is 4. The first kappa shape index (κ1) is 17.0. The van der Waals surface area contributed by atoms with Crippen LogP contribution in [0.1, 0.15) is 32.6 Å². The van der Waals surface area contributed by atoms with Crippen LogP contribution in [0, 0.1) is 0 Å². The molecule has 1 atom stereocenters. The van der Waals surface area contributed by atoms with Gasteiger partial charge >= 0.3 is 11.9 Å². The third kappa shape index (κ3) is 5.02. The van der Waals surface area contributed by atoms with Gasteiger partial charge in [-0.1, -0.05) is 6.92 Å². The quantitative estimate of drug-likeness (QED) is 0.385. The maximum atomic E-state index is 10.3. The van der Waals surface area contributed by atoms with Crippen molar-refractivity contribution in [3.8, 4) is 0 Å². The fourth-order valence-corrected chi connectivity index (χ4v) is 1.17. The maximum absolute atomic E-state index is 10.3. The van der Waals surface area contributed by atoms with E-state index in [0.29, 0.717) is 0 Å². The smallest absolute Gasteiger partial charge is 0.336 e. The van der Waals surface area contributed by atoms with Gasteiger partial charge in [-0.05, 0) is 6.42 Å². The summed E-state index contributed by atoms with van der Waals surface area (Å²) in [5.74, 6) is -3.83. The van der Waals surface area contributed by atoms with Gasteiger partial charge in [0.05, 0.1) is 6.42 Å². The van der Waals surface area contributed by atoms with E-state index < -0.39 is 35.8 Å². The second kappa shape index (κ2) is 6.81. The molecule has 0 aromatic heterocycles. The molecule has 0 spiro atoms. The van der Waals surface area contributed by atoms with Crippen LogP contribution in [0.2, 0.25) is 0 Å². The fraction of sp³-hybridized carbons (Fsp3) is 0.600. The maximum Gasteiger partial charge on any atom is 0.336 e. The molecular formula is C10H15NO8. The lowest BCUT2D eigenvalue weighted by Crippen LogP contribution is -2.39. The molecule has 1 unspecified atom stereocenters. The molecule has 2 amide bonds. The van der Waals surface area contributed by atoms with Crippen molar-refractivity contribution in [3.05, 3.63) is 0 Å². The van der Waals surface area contributed by atoms with Crippen molar-refractivity contribution in [1.29, 1.82) is 0 Å². The highest BCUT2D eigenvalue weighted by Crippen LogP contribution is 2.14. The summed E-state index contributed by atoms with van der Waals surface area (Å²) in [5.41, 5.74) is -2.12. The van der Waals surface area contributed by atoms with E-state index in [1.165, 1.54) is 6.92 Å². The van der Waals surface area contributed by atoms with Gasteiger partial charge in [0.1, 0.15) is 0 Å². The molecule has 0 aliphatic carbocycles. The van der Waals surface area contributed by atoms with Gasteiger partial charge in [0.25, 0.3) is 11.8 Å². The molecular weight excluding hydrogens is 262 g/mol. The molecule has 1 aliphatic rings. The Bertz CT molecular complexity index is 377. The summed E-state index contributed by atoms with van der Waals surface area (Å²) < 4.78 is 0. The zero-order valence-corrected chi connectivity index (χ0v) is 10.2. The number of hydrogen-bond donors (Lipinski definition) is 4. The number of aliphatic hydroxyl groups is 1. The van der Waals surface area contributed by atoms with E-state index in [0.717, 1.165) is 0 Å². The Morgan fingerprint density at radius 3 is 1.74 bits per heavy atom. The Kier molecular flexibility index (Phi) is 6.09. The zero-order chi connectivity index (χ0) is 15.2. The number of aliphatic carboxylic acids is 2. The van der Waals surface area contributed by atoms with Crippen LogP contribution in [-0.4, -0.2) is 54.9 Å². The van der Waals surface area contributed by atoms with Crippen molar-refractivity contribution in [3.63, 3.8) is 0 Å². The van der Waals surface area contributed by atoms with E-state index in [9.17, 15) is 19.2 Å². The molecule has 1 rings (SSSR count). The number of nitrogens with zero attached hydrogens (tertiary/aromatic N) is 1. The van der Waals surface area contributed by atoms with Crippen LogP contribution < -0.4 is 0 Å². The summed E-state index contributed by atoms with van der Waals surface area (Å²) in [5, 5.41) is 34.2. The summed E-state index contributed by atoms with van der Waals surface area (Å²) in [4.78, 5) is 40.8. The Morgan fingerprint density at radius 2 is 1.63 bits per heavy atom. The predicted molar refractivity (Wildman–Crippen MR) is 58.0 cm³/mol.